The minimum Gasteiger partial charge on any atom is -0.443 e. The average molecular weight is 278 g/mol. The predicted octanol–water partition coefficient (Wildman–Crippen LogP) is 3.14. The number of cyclic esters (lactones) is 1. The molecule has 1 N–H and O–H groups in total. The summed E-state index contributed by atoms with van der Waals surface area (Å²) in [4.78, 5) is 11.0. The maximum absolute atomic E-state index is 13.6. The molecule has 1 atom stereocenters. The lowest BCUT2D eigenvalue weighted by atomic mass is 9.96. The highest BCUT2D eigenvalue weighted by atomic mass is 35.5. The normalized spacial score (nSPS) is 21.6. The van der Waals surface area contributed by atoms with Crippen molar-refractivity contribution >= 4 is 18.5 Å². The number of aryl methyl sites for hydroxylation is 2. The van der Waals surface area contributed by atoms with Gasteiger partial charge in [0.15, 0.2) is 6.61 Å². The van der Waals surface area contributed by atoms with Crippen LogP contribution >= 0.6 is 12.4 Å². The van der Waals surface area contributed by atoms with Crippen LogP contribution in [-0.2, 0) is 4.74 Å². The fourth-order valence-corrected chi connectivity index (χ4v) is 1.78. The van der Waals surface area contributed by atoms with E-state index in [9.17, 15) is 13.6 Å². The van der Waals surface area contributed by atoms with Gasteiger partial charge in [0, 0.05) is 0 Å². The summed E-state index contributed by atoms with van der Waals surface area (Å²) >= 11 is 0. The van der Waals surface area contributed by atoms with E-state index in [0.717, 1.165) is 11.1 Å². The van der Waals surface area contributed by atoms with Crippen LogP contribution in [0.25, 0.3) is 0 Å². The van der Waals surface area contributed by atoms with E-state index in [-0.39, 0.29) is 12.4 Å². The van der Waals surface area contributed by atoms with Crippen molar-refractivity contribution in [3.8, 4) is 0 Å². The minimum absolute atomic E-state index is 0. The zero-order valence-corrected chi connectivity index (χ0v) is 10.8. The van der Waals surface area contributed by atoms with Crippen LogP contribution in [0.4, 0.5) is 13.6 Å². The van der Waals surface area contributed by atoms with E-state index < -0.39 is 24.7 Å². The van der Waals surface area contributed by atoms with Gasteiger partial charge in [-0.15, -0.1) is 12.4 Å². The molecule has 0 aliphatic carbocycles. The van der Waals surface area contributed by atoms with Crippen LogP contribution in [0.1, 0.15) is 22.7 Å². The molecule has 0 aromatic heterocycles. The Morgan fingerprint density at radius 1 is 1.33 bits per heavy atom. The second-order valence-electron chi connectivity index (χ2n) is 4.26. The Morgan fingerprint density at radius 2 is 2.00 bits per heavy atom. The molecule has 1 aromatic carbocycles. The summed E-state index contributed by atoms with van der Waals surface area (Å²) in [6, 6.07) is 3.72. The van der Waals surface area contributed by atoms with Crippen LogP contribution in [-0.4, -0.2) is 18.6 Å². The van der Waals surface area contributed by atoms with E-state index in [0.29, 0.717) is 5.56 Å². The van der Waals surface area contributed by atoms with Crippen LogP contribution in [0.3, 0.4) is 0 Å². The topological polar surface area (TPSA) is 38.3 Å². The lowest BCUT2D eigenvalue weighted by Crippen LogP contribution is -2.49. The first-order chi connectivity index (χ1) is 7.90. The van der Waals surface area contributed by atoms with E-state index in [1.54, 1.807) is 18.2 Å². The molecule has 1 aromatic rings. The maximum atomic E-state index is 13.6. The standard InChI is InChI=1S/C12H13F2NO2.ClH/c1-7-3-4-9(5-8(7)2)10-12(13,14)6-17-11(16)15-10;/h3-5,10H,6H2,1-2H3,(H,15,16);1H/t10-;/m1./s1. The van der Waals surface area contributed by atoms with Gasteiger partial charge < -0.3 is 10.1 Å². The molecule has 100 valence electrons. The summed E-state index contributed by atoms with van der Waals surface area (Å²) in [7, 11) is 0. The van der Waals surface area contributed by atoms with Gasteiger partial charge in [-0.25, -0.2) is 13.6 Å². The third-order valence-corrected chi connectivity index (χ3v) is 2.94. The first kappa shape index (κ1) is 14.7. The number of ether oxygens (including phenoxy) is 1. The van der Waals surface area contributed by atoms with Gasteiger partial charge in [-0.1, -0.05) is 18.2 Å². The number of nitrogens with one attached hydrogen (secondary N) is 1. The molecule has 0 spiro atoms. The number of carbonyl (C=O) groups is 1. The molecular formula is C12H14ClF2NO2. The number of alkyl carbamates (subject to hydrolysis) is 1. The lowest BCUT2D eigenvalue weighted by molar-refractivity contribution is -0.104. The highest BCUT2D eigenvalue weighted by Gasteiger charge is 2.46. The smallest absolute Gasteiger partial charge is 0.408 e. The zero-order valence-electron chi connectivity index (χ0n) is 10.00. The average Bonchev–Trinajstić information content (AvgIpc) is 2.26. The number of halogens is 3. The second-order valence-corrected chi connectivity index (χ2v) is 4.26. The molecule has 1 fully saturated rings. The molecule has 2 rings (SSSR count). The van der Waals surface area contributed by atoms with Gasteiger partial charge in [-0.2, -0.15) is 0 Å². The molecule has 0 saturated carbocycles. The summed E-state index contributed by atoms with van der Waals surface area (Å²) in [5.74, 6) is -3.09. The summed E-state index contributed by atoms with van der Waals surface area (Å²) in [6.45, 7) is 2.87. The van der Waals surface area contributed by atoms with E-state index >= 15 is 0 Å². The monoisotopic (exact) mass is 277 g/mol. The lowest BCUT2D eigenvalue weighted by Gasteiger charge is -2.32. The predicted molar refractivity (Wildman–Crippen MR) is 65.3 cm³/mol. The Balaban J connectivity index is 0.00000162. The molecule has 1 saturated heterocycles. The third-order valence-electron chi connectivity index (χ3n) is 2.94. The van der Waals surface area contributed by atoms with E-state index in [2.05, 4.69) is 10.1 Å². The van der Waals surface area contributed by atoms with Crippen molar-refractivity contribution in [2.75, 3.05) is 6.61 Å². The Bertz CT molecular complexity index is 465. The molecule has 1 heterocycles. The Kier molecular flexibility index (Phi) is 4.16. The number of hydrogen-bond acceptors (Lipinski definition) is 2. The Morgan fingerprint density at radius 3 is 2.61 bits per heavy atom. The van der Waals surface area contributed by atoms with Gasteiger partial charge in [-0.3, -0.25) is 0 Å². The number of benzene rings is 1. The van der Waals surface area contributed by atoms with Gasteiger partial charge in [0.05, 0.1) is 0 Å². The SMILES string of the molecule is Cc1ccc([C@H]2NC(=O)OCC2(F)F)cc1C.Cl. The first-order valence-electron chi connectivity index (χ1n) is 5.28. The first-order valence-corrected chi connectivity index (χ1v) is 5.28. The van der Waals surface area contributed by atoms with Crippen molar-refractivity contribution in [3.63, 3.8) is 0 Å². The molecule has 0 bridgehead atoms. The zero-order chi connectivity index (χ0) is 12.6. The van der Waals surface area contributed by atoms with Crippen LogP contribution in [0.15, 0.2) is 18.2 Å². The summed E-state index contributed by atoms with van der Waals surface area (Å²) in [6.07, 6.45) is -0.806. The fourth-order valence-electron chi connectivity index (χ4n) is 1.78. The van der Waals surface area contributed by atoms with E-state index in [4.69, 9.17) is 0 Å². The number of alkyl halides is 2. The van der Waals surface area contributed by atoms with Crippen molar-refractivity contribution in [3.05, 3.63) is 34.9 Å². The highest BCUT2D eigenvalue weighted by molar-refractivity contribution is 5.85. The molecule has 1 amide bonds. The number of rotatable bonds is 1. The highest BCUT2D eigenvalue weighted by Crippen LogP contribution is 2.34. The molecule has 1 aliphatic heterocycles. The molecule has 1 aliphatic rings. The number of amides is 1. The van der Waals surface area contributed by atoms with Gasteiger partial charge >= 0.3 is 12.0 Å². The van der Waals surface area contributed by atoms with Crippen molar-refractivity contribution in [2.24, 2.45) is 0 Å². The van der Waals surface area contributed by atoms with Crippen LogP contribution in [0.2, 0.25) is 0 Å². The van der Waals surface area contributed by atoms with Crippen LogP contribution in [0.5, 0.6) is 0 Å². The summed E-state index contributed by atoms with van der Waals surface area (Å²) in [5, 5.41) is 2.16. The van der Waals surface area contributed by atoms with Crippen molar-refractivity contribution < 1.29 is 18.3 Å². The maximum Gasteiger partial charge on any atom is 0.408 e. The van der Waals surface area contributed by atoms with Crippen molar-refractivity contribution in [2.45, 2.75) is 25.8 Å². The fraction of sp³-hybridized carbons (Fsp3) is 0.417. The van der Waals surface area contributed by atoms with Gasteiger partial charge in [0.1, 0.15) is 6.04 Å². The van der Waals surface area contributed by atoms with Crippen molar-refractivity contribution in [1.29, 1.82) is 0 Å². The molecular weight excluding hydrogens is 264 g/mol. The molecule has 6 heteroatoms. The molecule has 3 nitrogen and oxygen atoms in total. The summed E-state index contributed by atoms with van der Waals surface area (Å²) in [5.41, 5.74) is 2.34. The van der Waals surface area contributed by atoms with Gasteiger partial charge in [0.25, 0.3) is 0 Å². The van der Waals surface area contributed by atoms with Gasteiger partial charge in [-0.05, 0) is 30.5 Å². The van der Waals surface area contributed by atoms with Gasteiger partial charge in [0.2, 0.25) is 0 Å². The molecule has 18 heavy (non-hydrogen) atoms. The van der Waals surface area contributed by atoms with Crippen molar-refractivity contribution in [1.82, 2.24) is 5.32 Å². The largest absolute Gasteiger partial charge is 0.443 e. The van der Waals surface area contributed by atoms with E-state index in [1.165, 1.54) is 0 Å². The Labute approximate surface area is 110 Å². The Hall–Kier alpha value is -1.36. The minimum atomic E-state index is -3.09. The quantitative estimate of drug-likeness (QED) is 0.856. The number of carbonyl (C=O) groups excluding carboxylic acids is 1. The molecule has 0 unspecified atom stereocenters. The van der Waals surface area contributed by atoms with Crippen LogP contribution < -0.4 is 5.32 Å². The van der Waals surface area contributed by atoms with E-state index in [1.807, 2.05) is 13.8 Å². The molecule has 0 radical (unpaired) electrons. The second kappa shape index (κ2) is 5.10. The third kappa shape index (κ3) is 2.72. The number of hydrogen-bond donors (Lipinski definition) is 1. The summed E-state index contributed by atoms with van der Waals surface area (Å²) < 4.78 is 31.5. The van der Waals surface area contributed by atoms with Crippen LogP contribution in [0, 0.1) is 13.8 Å².